The molecule has 0 spiro atoms. The maximum Gasteiger partial charge on any atom is 0.335 e. The number of aliphatic hydroxyl groups excluding tert-OH is 1. The van der Waals surface area contributed by atoms with E-state index in [0.29, 0.717) is 31.9 Å². The smallest absolute Gasteiger partial charge is 0.335 e. The number of carbonyl (C=O) groups is 2. The predicted molar refractivity (Wildman–Crippen MR) is 181 cm³/mol. The zero-order valence-corrected chi connectivity index (χ0v) is 29.0. The highest BCUT2D eigenvalue weighted by molar-refractivity contribution is 7.92. The van der Waals surface area contributed by atoms with E-state index in [0.717, 1.165) is 18.4 Å². The van der Waals surface area contributed by atoms with Crippen molar-refractivity contribution in [2.75, 3.05) is 38.1 Å². The highest BCUT2D eigenvalue weighted by atomic mass is 32.2. The second kappa shape index (κ2) is 16.4. The molecule has 1 amide bonds. The molecule has 4 rings (SSSR count). The van der Waals surface area contributed by atoms with Crippen molar-refractivity contribution < 1.29 is 37.7 Å². The van der Waals surface area contributed by atoms with Crippen molar-refractivity contribution in [2.45, 2.75) is 69.9 Å². The maximum absolute atomic E-state index is 14.3. The molecule has 0 saturated heterocycles. The van der Waals surface area contributed by atoms with Crippen molar-refractivity contribution in [1.82, 2.24) is 19.4 Å². The lowest BCUT2D eigenvalue weighted by Crippen LogP contribution is -2.47. The average molecular weight is 686 g/mol. The van der Waals surface area contributed by atoms with E-state index in [1.807, 2.05) is 20.9 Å². The fraction of sp³-hybridized carbons (Fsp3) is 0.500. The normalized spacial score (nSPS) is 20.4. The Morgan fingerprint density at radius 3 is 2.54 bits per heavy atom. The number of imidazole rings is 1. The summed E-state index contributed by atoms with van der Waals surface area (Å²) in [6.07, 6.45) is 4.65. The van der Waals surface area contributed by atoms with Gasteiger partial charge in [0.05, 0.1) is 42.3 Å². The number of likely N-dealkylation sites (N-methyl/N-ethyl adjacent to an activating group) is 1. The quantitative estimate of drug-likeness (QED) is 0.286. The molecule has 0 unspecified atom stereocenters. The van der Waals surface area contributed by atoms with Crippen LogP contribution in [0.4, 0.5) is 5.69 Å². The number of amides is 1. The number of carboxylic acids is 1. The topological polar surface area (TPSA) is 164 Å². The van der Waals surface area contributed by atoms with Crippen LogP contribution in [0, 0.1) is 5.92 Å². The van der Waals surface area contributed by atoms with Crippen LogP contribution in [-0.4, -0.2) is 101 Å². The third kappa shape index (κ3) is 9.78. The first-order chi connectivity index (χ1) is 22.8. The van der Waals surface area contributed by atoms with Crippen LogP contribution in [0.2, 0.25) is 0 Å². The summed E-state index contributed by atoms with van der Waals surface area (Å²) in [4.78, 5) is 33.2. The van der Waals surface area contributed by atoms with Crippen molar-refractivity contribution in [3.8, 4) is 5.75 Å². The van der Waals surface area contributed by atoms with E-state index in [-0.39, 0.29) is 53.1 Å². The number of hydrogen-bond acceptors (Lipinski definition) is 9. The Morgan fingerprint density at radius 2 is 1.90 bits per heavy atom. The molecule has 14 heteroatoms. The zero-order chi connectivity index (χ0) is 35.0. The number of fused-ring (bicyclic) bond motifs is 1. The van der Waals surface area contributed by atoms with E-state index in [9.17, 15) is 28.2 Å². The highest BCUT2D eigenvalue weighted by Crippen LogP contribution is 2.29. The van der Waals surface area contributed by atoms with Crippen molar-refractivity contribution in [3.63, 3.8) is 0 Å². The van der Waals surface area contributed by atoms with Crippen LogP contribution in [0.15, 0.2) is 60.0 Å². The number of carboxylic acid groups (broad SMARTS) is 1. The number of aryl methyl sites for hydroxylation is 1. The Morgan fingerprint density at radius 1 is 1.17 bits per heavy atom. The number of rotatable bonds is 10. The number of aromatic carboxylic acids is 1. The van der Waals surface area contributed by atoms with Crippen LogP contribution in [-0.2, 0) is 28.4 Å². The molecule has 2 heterocycles. The maximum atomic E-state index is 14.3. The standard InChI is InChI=1S/C34H47N5O8S/c1-23-17-39(24(2)21-40)33(41)29-16-28(36-48(44,45)32-20-38(5)22-35-32)13-14-30(29)47-25(3)8-6-7-15-46-31(23)19-37(4)18-26-9-11-27(12-10-26)34(42)43/h9-14,16,20,22-25,31,36,40H,6-8,15,17-19,21H2,1-5H3,(H,42,43)/t23-,24-,25+,31+/m1/s1. The average Bonchev–Trinajstić information content (AvgIpc) is 3.49. The molecular weight excluding hydrogens is 638 g/mol. The van der Waals surface area contributed by atoms with Gasteiger partial charge < -0.3 is 29.2 Å². The molecule has 0 saturated carbocycles. The van der Waals surface area contributed by atoms with Crippen LogP contribution in [0.1, 0.15) is 66.3 Å². The van der Waals surface area contributed by atoms with Gasteiger partial charge in [-0.3, -0.25) is 14.4 Å². The molecule has 4 atom stereocenters. The molecule has 2 aromatic carbocycles. The molecule has 13 nitrogen and oxygen atoms in total. The minimum absolute atomic E-state index is 0.154. The molecule has 0 fully saturated rings. The van der Waals surface area contributed by atoms with Gasteiger partial charge in [-0.1, -0.05) is 19.1 Å². The second-order valence-corrected chi connectivity index (χ2v) is 14.3. The lowest BCUT2D eigenvalue weighted by atomic mass is 10.0. The van der Waals surface area contributed by atoms with Crippen LogP contribution in [0.3, 0.4) is 0 Å². The van der Waals surface area contributed by atoms with Gasteiger partial charge in [0.15, 0.2) is 5.03 Å². The van der Waals surface area contributed by atoms with Crippen molar-refractivity contribution >= 4 is 27.6 Å². The monoisotopic (exact) mass is 685 g/mol. The van der Waals surface area contributed by atoms with E-state index < -0.39 is 27.9 Å². The van der Waals surface area contributed by atoms with Crippen LogP contribution >= 0.6 is 0 Å². The molecule has 0 aliphatic carbocycles. The summed E-state index contributed by atoms with van der Waals surface area (Å²) in [6, 6.07) is 10.8. The molecule has 1 aromatic heterocycles. The SMILES string of the molecule is C[C@@H]1CN([C@H](C)CO)C(=O)c2cc(NS(=O)(=O)c3cn(C)cn3)ccc2O[C@@H](C)CCCCO[C@H]1CN(C)Cc1ccc(C(=O)O)cc1. The van der Waals surface area contributed by atoms with Crippen molar-refractivity contribution in [3.05, 3.63) is 71.7 Å². The van der Waals surface area contributed by atoms with Crippen molar-refractivity contribution in [1.29, 1.82) is 0 Å². The molecule has 262 valence electrons. The summed E-state index contributed by atoms with van der Waals surface area (Å²) in [5, 5.41) is 19.3. The summed E-state index contributed by atoms with van der Waals surface area (Å²) in [7, 11) is -0.386. The van der Waals surface area contributed by atoms with Gasteiger partial charge in [0, 0.05) is 51.1 Å². The van der Waals surface area contributed by atoms with Gasteiger partial charge in [-0.2, -0.15) is 8.42 Å². The number of aromatic nitrogens is 2. The number of nitrogens with zero attached hydrogens (tertiary/aromatic N) is 4. The van der Waals surface area contributed by atoms with Crippen LogP contribution in [0.25, 0.3) is 0 Å². The Hall–Kier alpha value is -3.98. The van der Waals surface area contributed by atoms with Gasteiger partial charge >= 0.3 is 5.97 Å². The second-order valence-electron chi connectivity index (χ2n) is 12.7. The van der Waals surface area contributed by atoms with Crippen molar-refractivity contribution in [2.24, 2.45) is 13.0 Å². The Labute approximate surface area is 282 Å². The molecule has 3 aromatic rings. The molecule has 0 bridgehead atoms. The predicted octanol–water partition coefficient (Wildman–Crippen LogP) is 3.85. The number of benzene rings is 2. The van der Waals surface area contributed by atoms with E-state index in [4.69, 9.17) is 9.47 Å². The van der Waals surface area contributed by atoms with Gasteiger partial charge in [0.1, 0.15) is 5.75 Å². The minimum atomic E-state index is -4.02. The molecule has 3 N–H and O–H groups in total. The molecule has 1 aliphatic rings. The number of carbonyl (C=O) groups excluding carboxylic acids is 1. The van der Waals surface area contributed by atoms with E-state index >= 15 is 0 Å². The van der Waals surface area contributed by atoms with Gasteiger partial charge in [-0.15, -0.1) is 0 Å². The van der Waals surface area contributed by atoms with Crippen LogP contribution in [0.5, 0.6) is 5.75 Å². The largest absolute Gasteiger partial charge is 0.490 e. The number of anilines is 1. The number of sulfonamides is 1. The Balaban J connectivity index is 1.61. The molecular formula is C34H47N5O8S. The van der Waals surface area contributed by atoms with E-state index in [2.05, 4.69) is 14.6 Å². The summed E-state index contributed by atoms with van der Waals surface area (Å²) in [5.74, 6) is -1.21. The molecule has 48 heavy (non-hydrogen) atoms. The van der Waals surface area contributed by atoms with Gasteiger partial charge in [0.2, 0.25) is 0 Å². The first kappa shape index (κ1) is 36.8. The number of ether oxygens (including phenoxy) is 2. The Kier molecular flexibility index (Phi) is 12.6. The summed E-state index contributed by atoms with van der Waals surface area (Å²) < 4.78 is 42.8. The van der Waals surface area contributed by atoms with E-state index in [1.54, 1.807) is 55.3 Å². The fourth-order valence-electron chi connectivity index (χ4n) is 5.62. The third-order valence-corrected chi connectivity index (χ3v) is 9.67. The lowest BCUT2D eigenvalue weighted by molar-refractivity contribution is -0.0177. The fourth-order valence-corrected chi connectivity index (χ4v) is 6.65. The first-order valence-corrected chi connectivity index (χ1v) is 17.6. The van der Waals surface area contributed by atoms with Gasteiger partial charge in [-0.05, 0) is 76.1 Å². The Bertz CT molecular complexity index is 1650. The summed E-state index contributed by atoms with van der Waals surface area (Å²) in [6.45, 7) is 7.31. The summed E-state index contributed by atoms with van der Waals surface area (Å²) in [5.41, 5.74) is 1.54. The van der Waals surface area contributed by atoms with E-state index in [1.165, 1.54) is 23.2 Å². The summed E-state index contributed by atoms with van der Waals surface area (Å²) >= 11 is 0. The molecule has 1 aliphatic heterocycles. The number of nitrogens with one attached hydrogen (secondary N) is 1. The van der Waals surface area contributed by atoms with Gasteiger partial charge in [-0.25, -0.2) is 9.78 Å². The number of aliphatic hydroxyl groups is 1. The molecule has 0 radical (unpaired) electrons. The lowest BCUT2D eigenvalue weighted by Gasteiger charge is -2.36. The number of hydrogen-bond donors (Lipinski definition) is 3. The zero-order valence-electron chi connectivity index (χ0n) is 28.2. The highest BCUT2D eigenvalue weighted by Gasteiger charge is 2.31. The van der Waals surface area contributed by atoms with Gasteiger partial charge in [0.25, 0.3) is 15.9 Å². The first-order valence-electron chi connectivity index (χ1n) is 16.1. The van der Waals surface area contributed by atoms with Crippen LogP contribution < -0.4 is 9.46 Å². The third-order valence-electron chi connectivity index (χ3n) is 8.41. The minimum Gasteiger partial charge on any atom is -0.490 e.